The zero-order chi connectivity index (χ0) is 5.98. The number of hydrogen-bond acceptors (Lipinski definition) is 0. The lowest BCUT2D eigenvalue weighted by atomic mass is 10.2. The first kappa shape index (κ1) is 6.08. The van der Waals surface area contributed by atoms with Gasteiger partial charge in [-0.2, -0.15) is 0 Å². The smallest absolute Gasteiger partial charge is 0.0761 e. The number of allylic oxidation sites excluding steroid dienone is 1. The molecule has 1 aliphatic rings. The molecule has 0 aromatic rings. The highest BCUT2D eigenvalue weighted by Crippen LogP contribution is 2.20. The Kier molecular flexibility index (Phi) is 1.89. The monoisotopic (exact) mass is 125 g/mol. The van der Waals surface area contributed by atoms with E-state index in [0.717, 1.165) is 0 Å². The third kappa shape index (κ3) is 1.22. The normalized spacial score (nSPS) is 23.9. The number of rotatable bonds is 0. The quantitative estimate of drug-likeness (QED) is 0.436. The number of hydrogen-bond donors (Lipinski definition) is 0. The van der Waals surface area contributed by atoms with Crippen LogP contribution in [0, 0.1) is 0 Å². The third-order valence-corrected chi connectivity index (χ3v) is 4.44. The van der Waals surface area contributed by atoms with Crippen molar-refractivity contribution in [3.05, 3.63) is 11.8 Å². The van der Waals surface area contributed by atoms with Crippen LogP contribution >= 0.6 is 0 Å². The largest absolute Gasteiger partial charge is 0.104 e. The van der Waals surface area contributed by atoms with E-state index < -0.39 is 0 Å². The van der Waals surface area contributed by atoms with Crippen LogP contribution in [-0.2, 0) is 0 Å². The first-order chi connectivity index (χ1) is 3.80. The Morgan fingerprint density at radius 3 is 2.62 bits per heavy atom. The van der Waals surface area contributed by atoms with E-state index in [4.69, 9.17) is 0 Å². The van der Waals surface area contributed by atoms with E-state index in [-0.39, 0.29) is 8.80 Å². The first-order valence-electron chi connectivity index (χ1n) is 3.31. The molecule has 1 heteroatoms. The molecule has 8 heavy (non-hydrogen) atoms. The fraction of sp³-hybridized carbons (Fsp3) is 0.714. The highest BCUT2D eigenvalue weighted by molar-refractivity contribution is 6.65. The summed E-state index contributed by atoms with van der Waals surface area (Å²) in [4.78, 5) is 0. The summed E-state index contributed by atoms with van der Waals surface area (Å²) in [6.45, 7) is 6.42. The van der Waals surface area contributed by atoms with Crippen LogP contribution in [0.15, 0.2) is 11.8 Å². The minimum Gasteiger partial charge on any atom is -0.104 e. The van der Waals surface area contributed by atoms with Gasteiger partial charge < -0.3 is 0 Å². The second-order valence-electron chi connectivity index (χ2n) is 2.59. The lowest BCUT2D eigenvalue weighted by molar-refractivity contribution is 0.772. The van der Waals surface area contributed by atoms with Gasteiger partial charge in [-0.1, -0.05) is 30.6 Å². The highest BCUT2D eigenvalue weighted by Gasteiger charge is 2.12. The van der Waals surface area contributed by atoms with Crippen molar-refractivity contribution in [1.82, 2.24) is 0 Å². The second kappa shape index (κ2) is 2.49. The van der Waals surface area contributed by atoms with Gasteiger partial charge in [-0.15, -0.1) is 6.58 Å². The molecule has 1 rings (SSSR count). The Labute approximate surface area is 53.2 Å². The molecule has 0 bridgehead atoms. The topological polar surface area (TPSA) is 0 Å². The molecule has 0 aliphatic carbocycles. The van der Waals surface area contributed by atoms with E-state index >= 15 is 0 Å². The second-order valence-corrected chi connectivity index (χ2v) is 5.36. The molecule has 0 atom stereocenters. The van der Waals surface area contributed by atoms with Crippen LogP contribution < -0.4 is 0 Å². The van der Waals surface area contributed by atoms with Crippen LogP contribution in [0.4, 0.5) is 0 Å². The molecule has 1 heterocycles. The van der Waals surface area contributed by atoms with Crippen molar-refractivity contribution in [3.8, 4) is 0 Å². The molecular formula is C7H13Si. The predicted octanol–water partition coefficient (Wildman–Crippen LogP) is 2.39. The van der Waals surface area contributed by atoms with Crippen molar-refractivity contribution in [2.75, 3.05) is 0 Å². The molecule has 0 aromatic carbocycles. The van der Waals surface area contributed by atoms with E-state index in [1.807, 2.05) is 0 Å². The Balaban J connectivity index is 2.39. The highest BCUT2D eigenvalue weighted by atomic mass is 28.3. The molecule has 0 spiro atoms. The summed E-state index contributed by atoms with van der Waals surface area (Å²) < 4.78 is 0. The molecule has 45 valence electrons. The molecule has 0 saturated carbocycles. The molecule has 0 N–H and O–H groups in total. The van der Waals surface area contributed by atoms with Crippen LogP contribution in [0.25, 0.3) is 0 Å². The van der Waals surface area contributed by atoms with Gasteiger partial charge in [-0.25, -0.2) is 0 Å². The van der Waals surface area contributed by atoms with Gasteiger partial charge in [0.25, 0.3) is 0 Å². The zero-order valence-corrected chi connectivity index (χ0v) is 6.54. The van der Waals surface area contributed by atoms with Crippen molar-refractivity contribution in [2.45, 2.75) is 31.9 Å². The fourth-order valence-corrected chi connectivity index (χ4v) is 2.86. The van der Waals surface area contributed by atoms with Crippen LogP contribution in [0.1, 0.15) is 19.3 Å². The van der Waals surface area contributed by atoms with Crippen LogP contribution in [0.5, 0.6) is 0 Å². The molecule has 1 saturated heterocycles. The Morgan fingerprint density at radius 2 is 2.25 bits per heavy atom. The molecule has 1 aliphatic heterocycles. The average Bonchev–Trinajstić information content (AvgIpc) is 1.77. The summed E-state index contributed by atoms with van der Waals surface area (Å²) in [5.74, 6) is 0. The zero-order valence-electron chi connectivity index (χ0n) is 5.54. The lowest BCUT2D eigenvalue weighted by Crippen LogP contribution is -2.14. The molecular weight excluding hydrogens is 112 g/mol. The van der Waals surface area contributed by atoms with Gasteiger partial charge in [-0.05, 0) is 6.42 Å². The van der Waals surface area contributed by atoms with E-state index in [1.165, 1.54) is 25.3 Å². The maximum absolute atomic E-state index is 4.04. The van der Waals surface area contributed by atoms with Gasteiger partial charge >= 0.3 is 0 Å². The van der Waals surface area contributed by atoms with Gasteiger partial charge in [0, 0.05) is 0 Å². The summed E-state index contributed by atoms with van der Waals surface area (Å²) in [7, 11) is -0.0652. The van der Waals surface area contributed by atoms with E-state index in [1.54, 1.807) is 5.20 Å². The SMILES string of the molecule is C=C1CCCC[Si]1C. The predicted molar refractivity (Wildman–Crippen MR) is 39.4 cm³/mol. The van der Waals surface area contributed by atoms with E-state index in [2.05, 4.69) is 13.1 Å². The van der Waals surface area contributed by atoms with Crippen LogP contribution in [-0.4, -0.2) is 8.80 Å². The van der Waals surface area contributed by atoms with Gasteiger partial charge in [-0.3, -0.25) is 0 Å². The molecule has 0 aromatic heterocycles. The van der Waals surface area contributed by atoms with Gasteiger partial charge in [0.2, 0.25) is 0 Å². The fourth-order valence-electron chi connectivity index (χ4n) is 1.12. The summed E-state index contributed by atoms with van der Waals surface area (Å²) in [6.07, 6.45) is 4.19. The first-order valence-corrected chi connectivity index (χ1v) is 5.52. The molecule has 0 nitrogen and oxygen atoms in total. The lowest BCUT2D eigenvalue weighted by Gasteiger charge is -2.17. The van der Waals surface area contributed by atoms with Crippen molar-refractivity contribution in [2.24, 2.45) is 0 Å². The van der Waals surface area contributed by atoms with Crippen LogP contribution in [0.2, 0.25) is 12.6 Å². The van der Waals surface area contributed by atoms with Crippen molar-refractivity contribution < 1.29 is 0 Å². The average molecular weight is 125 g/mol. The van der Waals surface area contributed by atoms with Crippen molar-refractivity contribution in [3.63, 3.8) is 0 Å². The molecule has 1 radical (unpaired) electrons. The van der Waals surface area contributed by atoms with Gasteiger partial charge in [0.1, 0.15) is 0 Å². The Morgan fingerprint density at radius 1 is 1.50 bits per heavy atom. The summed E-state index contributed by atoms with van der Waals surface area (Å²) in [5.41, 5.74) is 0. The third-order valence-electron chi connectivity index (χ3n) is 1.88. The van der Waals surface area contributed by atoms with Crippen molar-refractivity contribution >= 4 is 8.80 Å². The minimum atomic E-state index is -0.0652. The summed E-state index contributed by atoms with van der Waals surface area (Å²) in [5, 5.41) is 1.57. The van der Waals surface area contributed by atoms with Gasteiger partial charge in [0.05, 0.1) is 8.80 Å². The van der Waals surface area contributed by atoms with Gasteiger partial charge in [0.15, 0.2) is 0 Å². The van der Waals surface area contributed by atoms with Crippen molar-refractivity contribution in [1.29, 1.82) is 0 Å². The maximum atomic E-state index is 4.04. The maximum Gasteiger partial charge on any atom is 0.0761 e. The summed E-state index contributed by atoms with van der Waals surface area (Å²) >= 11 is 0. The Bertz CT molecular complexity index is 96.6. The molecule has 1 fully saturated rings. The Hall–Kier alpha value is -0.0431. The molecule has 0 amide bonds. The molecule has 0 unspecified atom stereocenters. The summed E-state index contributed by atoms with van der Waals surface area (Å²) in [6, 6.07) is 1.48. The van der Waals surface area contributed by atoms with Crippen LogP contribution in [0.3, 0.4) is 0 Å². The van der Waals surface area contributed by atoms with E-state index in [0.29, 0.717) is 0 Å². The standard InChI is InChI=1S/C7H13Si/c1-7-5-3-4-6-8(7)2/h1,3-6H2,2H3. The van der Waals surface area contributed by atoms with E-state index in [9.17, 15) is 0 Å². The minimum absolute atomic E-state index is 0.0652.